The van der Waals surface area contributed by atoms with Crippen LogP contribution < -0.4 is 10.5 Å². The summed E-state index contributed by atoms with van der Waals surface area (Å²) in [4.78, 5) is 21.3. The molecule has 0 unspecified atom stereocenters. The zero-order valence-corrected chi connectivity index (χ0v) is 10.8. The van der Waals surface area contributed by atoms with E-state index in [1.807, 2.05) is 36.4 Å². The molecule has 96 valence electrons. The van der Waals surface area contributed by atoms with Gasteiger partial charge in [0.15, 0.2) is 11.0 Å². The van der Waals surface area contributed by atoms with Crippen LogP contribution in [0.5, 0.6) is 0 Å². The average Bonchev–Trinajstić information content (AvgIpc) is 2.85. The Morgan fingerprint density at radius 1 is 1.16 bits per heavy atom. The normalized spacial score (nSPS) is 11.0. The lowest BCUT2D eigenvalue weighted by molar-refractivity contribution is -0.363. The predicted molar refractivity (Wildman–Crippen MR) is 74.9 cm³/mol. The molecule has 3 N–H and O–H groups in total. The predicted octanol–water partition coefficient (Wildman–Crippen LogP) is 2.29. The molecule has 2 heterocycles. The topological polar surface area (TPSA) is 62.8 Å². The van der Waals surface area contributed by atoms with Crippen LogP contribution in [0.3, 0.4) is 0 Å². The molecule has 0 aliphatic rings. The van der Waals surface area contributed by atoms with Gasteiger partial charge in [0.1, 0.15) is 0 Å². The minimum Gasteiger partial charge on any atom is -0.345 e. The Hall–Kier alpha value is -2.36. The molecule has 2 aromatic heterocycles. The van der Waals surface area contributed by atoms with E-state index < -0.39 is 0 Å². The van der Waals surface area contributed by atoms with Gasteiger partial charge in [-0.15, -0.1) is 0 Å². The van der Waals surface area contributed by atoms with Crippen molar-refractivity contribution in [1.82, 2.24) is 9.97 Å². The molecule has 3 rings (SSSR count). The van der Waals surface area contributed by atoms with Gasteiger partial charge in [0.05, 0.1) is 5.69 Å². The Kier molecular flexibility index (Phi) is 2.91. The van der Waals surface area contributed by atoms with Gasteiger partial charge in [0.2, 0.25) is 0 Å². The first kappa shape index (κ1) is 11.7. The molecule has 0 amide bonds. The maximum atomic E-state index is 12.0. The van der Waals surface area contributed by atoms with Crippen LogP contribution in [0.2, 0.25) is 0 Å². The second-order valence-electron chi connectivity index (χ2n) is 4.65. The SMILES string of the molecule is CCCc1[nH]c(=O)c2[nH]c(-c3ccccc3)cc2[nH+]1. The molecule has 3 aromatic rings. The number of H-pyrrole nitrogens is 3. The van der Waals surface area contributed by atoms with E-state index in [4.69, 9.17) is 0 Å². The van der Waals surface area contributed by atoms with E-state index in [1.165, 1.54) is 0 Å². The summed E-state index contributed by atoms with van der Waals surface area (Å²) in [5.41, 5.74) is 3.40. The Bertz CT molecular complexity index is 756. The van der Waals surface area contributed by atoms with E-state index in [2.05, 4.69) is 21.9 Å². The van der Waals surface area contributed by atoms with E-state index in [1.54, 1.807) is 0 Å². The van der Waals surface area contributed by atoms with Crippen LogP contribution in [0, 0.1) is 0 Å². The number of benzene rings is 1. The van der Waals surface area contributed by atoms with Gasteiger partial charge in [0.25, 0.3) is 5.82 Å². The number of aromatic nitrogens is 3. The summed E-state index contributed by atoms with van der Waals surface area (Å²) in [5, 5.41) is 0. The Labute approximate surface area is 110 Å². The van der Waals surface area contributed by atoms with Gasteiger partial charge in [-0.3, -0.25) is 0 Å². The monoisotopic (exact) mass is 254 g/mol. The van der Waals surface area contributed by atoms with Crippen LogP contribution in [0.1, 0.15) is 19.2 Å². The summed E-state index contributed by atoms with van der Waals surface area (Å²) in [6.07, 6.45) is 1.84. The summed E-state index contributed by atoms with van der Waals surface area (Å²) in [6, 6.07) is 12.0. The Balaban J connectivity index is 2.16. The van der Waals surface area contributed by atoms with Gasteiger partial charge in [-0.1, -0.05) is 37.3 Å². The molecular weight excluding hydrogens is 238 g/mol. The van der Waals surface area contributed by atoms with Crippen molar-refractivity contribution >= 4 is 11.0 Å². The highest BCUT2D eigenvalue weighted by Gasteiger charge is 2.13. The van der Waals surface area contributed by atoms with Crippen molar-refractivity contribution in [2.75, 3.05) is 0 Å². The zero-order chi connectivity index (χ0) is 13.2. The van der Waals surface area contributed by atoms with E-state index in [0.717, 1.165) is 35.4 Å². The van der Waals surface area contributed by atoms with Gasteiger partial charge >= 0.3 is 5.56 Å². The third-order valence-electron chi connectivity index (χ3n) is 3.18. The van der Waals surface area contributed by atoms with E-state index in [0.29, 0.717) is 5.52 Å². The maximum Gasteiger partial charge on any atom is 0.359 e. The number of hydrogen-bond donors (Lipinski definition) is 2. The molecule has 4 nitrogen and oxygen atoms in total. The van der Waals surface area contributed by atoms with Gasteiger partial charge < -0.3 is 4.98 Å². The van der Waals surface area contributed by atoms with Crippen molar-refractivity contribution in [2.45, 2.75) is 19.8 Å². The molecule has 0 radical (unpaired) electrons. The number of aromatic amines is 3. The summed E-state index contributed by atoms with van der Waals surface area (Å²) < 4.78 is 0. The van der Waals surface area contributed by atoms with Crippen molar-refractivity contribution < 1.29 is 4.98 Å². The molecule has 0 aliphatic carbocycles. The minimum absolute atomic E-state index is 0.0700. The molecule has 0 saturated carbocycles. The van der Waals surface area contributed by atoms with Gasteiger partial charge in [-0.25, -0.2) is 14.8 Å². The maximum absolute atomic E-state index is 12.0. The lowest BCUT2D eigenvalue weighted by atomic mass is 10.2. The molecule has 0 aliphatic heterocycles. The summed E-state index contributed by atoms with van der Waals surface area (Å²) in [7, 11) is 0. The first-order valence-corrected chi connectivity index (χ1v) is 6.50. The third-order valence-corrected chi connectivity index (χ3v) is 3.18. The summed E-state index contributed by atoms with van der Waals surface area (Å²) >= 11 is 0. The van der Waals surface area contributed by atoms with Crippen LogP contribution in [-0.2, 0) is 6.42 Å². The van der Waals surface area contributed by atoms with Crippen LogP contribution in [-0.4, -0.2) is 9.97 Å². The highest BCUT2D eigenvalue weighted by molar-refractivity contribution is 5.79. The first-order valence-electron chi connectivity index (χ1n) is 6.50. The molecule has 0 atom stereocenters. The molecule has 1 aromatic carbocycles. The van der Waals surface area contributed by atoms with E-state index in [9.17, 15) is 4.79 Å². The molecule has 0 saturated heterocycles. The van der Waals surface area contributed by atoms with Gasteiger partial charge in [-0.2, -0.15) is 0 Å². The highest BCUT2D eigenvalue weighted by atomic mass is 16.1. The fourth-order valence-corrected chi connectivity index (χ4v) is 2.27. The quantitative estimate of drug-likeness (QED) is 0.740. The summed E-state index contributed by atoms with van der Waals surface area (Å²) in [5.74, 6) is 0.874. The number of rotatable bonds is 3. The van der Waals surface area contributed by atoms with E-state index >= 15 is 0 Å². The smallest absolute Gasteiger partial charge is 0.345 e. The Morgan fingerprint density at radius 2 is 1.95 bits per heavy atom. The number of aryl methyl sites for hydroxylation is 1. The molecular formula is C15H16N3O+. The van der Waals surface area contributed by atoms with Gasteiger partial charge in [0, 0.05) is 12.5 Å². The van der Waals surface area contributed by atoms with Crippen molar-refractivity contribution in [3.05, 3.63) is 52.6 Å². The average molecular weight is 254 g/mol. The Morgan fingerprint density at radius 3 is 2.68 bits per heavy atom. The second kappa shape index (κ2) is 4.72. The fourth-order valence-electron chi connectivity index (χ4n) is 2.27. The molecule has 19 heavy (non-hydrogen) atoms. The van der Waals surface area contributed by atoms with Crippen molar-refractivity contribution in [2.24, 2.45) is 0 Å². The summed E-state index contributed by atoms with van der Waals surface area (Å²) in [6.45, 7) is 2.09. The molecule has 0 bridgehead atoms. The molecule has 4 heteroatoms. The lowest BCUT2D eigenvalue weighted by Crippen LogP contribution is -2.22. The fraction of sp³-hybridized carbons (Fsp3) is 0.200. The van der Waals surface area contributed by atoms with Crippen LogP contribution in [0.4, 0.5) is 0 Å². The number of nitrogens with one attached hydrogen (secondary N) is 3. The largest absolute Gasteiger partial charge is 0.359 e. The third kappa shape index (κ3) is 2.17. The minimum atomic E-state index is -0.0700. The van der Waals surface area contributed by atoms with Crippen LogP contribution >= 0.6 is 0 Å². The second-order valence-corrected chi connectivity index (χ2v) is 4.65. The zero-order valence-electron chi connectivity index (χ0n) is 10.8. The van der Waals surface area contributed by atoms with Crippen molar-refractivity contribution in [1.29, 1.82) is 0 Å². The highest BCUT2D eigenvalue weighted by Crippen LogP contribution is 2.19. The molecule has 0 spiro atoms. The van der Waals surface area contributed by atoms with Gasteiger partial charge in [-0.05, 0) is 12.0 Å². The van der Waals surface area contributed by atoms with Crippen molar-refractivity contribution in [3.8, 4) is 11.3 Å². The van der Waals surface area contributed by atoms with E-state index in [-0.39, 0.29) is 5.56 Å². The molecule has 0 fully saturated rings. The van der Waals surface area contributed by atoms with Crippen LogP contribution in [0.15, 0.2) is 41.2 Å². The number of hydrogen-bond acceptors (Lipinski definition) is 1. The first-order chi connectivity index (χ1) is 9.28. The number of fused-ring (bicyclic) bond motifs is 1. The standard InChI is InChI=1S/C15H15N3O/c1-2-6-13-16-12-9-11(10-7-4-3-5-8-10)17-14(12)15(19)18-13/h3-5,7-9,17H,2,6H2,1H3,(H,16,18,19)/p+1. The lowest BCUT2D eigenvalue weighted by Gasteiger charge is -1.94. The van der Waals surface area contributed by atoms with Crippen molar-refractivity contribution in [3.63, 3.8) is 0 Å². The van der Waals surface area contributed by atoms with Crippen LogP contribution in [0.25, 0.3) is 22.3 Å².